The molecule has 23 heavy (non-hydrogen) atoms. The summed E-state index contributed by atoms with van der Waals surface area (Å²) in [6.07, 6.45) is 1.30. The van der Waals surface area contributed by atoms with Crippen LogP contribution in [-0.4, -0.2) is 29.0 Å². The molecule has 5 nitrogen and oxygen atoms in total. The number of pyridine rings is 1. The number of anilines is 1. The number of amides is 1. The Hall–Kier alpha value is -2.42. The van der Waals surface area contributed by atoms with Crippen molar-refractivity contribution in [2.45, 2.75) is 6.18 Å². The summed E-state index contributed by atoms with van der Waals surface area (Å²) in [5, 5.41) is 7.60. The van der Waals surface area contributed by atoms with Crippen LogP contribution in [0.2, 0.25) is 0 Å². The first-order valence-electron chi connectivity index (χ1n) is 6.58. The van der Waals surface area contributed by atoms with E-state index in [2.05, 4.69) is 20.6 Å². The molecule has 2 aromatic rings. The van der Waals surface area contributed by atoms with Crippen molar-refractivity contribution in [3.63, 3.8) is 0 Å². The molecule has 2 rings (SSSR count). The van der Waals surface area contributed by atoms with Crippen LogP contribution in [0.5, 0.6) is 0 Å². The predicted molar refractivity (Wildman–Crippen MR) is 81.9 cm³/mol. The van der Waals surface area contributed by atoms with E-state index in [1.54, 1.807) is 17.7 Å². The standard InChI is InChI=1S/C14H13F3N4OS/c15-14(16,17)10-2-1-5-20-13(10)21-7-6-18-11(22)3-4-12-19-8-9-23-12/h1-5,8-9H,6-7H2,(H,18,22)(H,20,21). The number of hydrogen-bond acceptors (Lipinski definition) is 5. The lowest BCUT2D eigenvalue weighted by Crippen LogP contribution is -2.27. The van der Waals surface area contributed by atoms with Gasteiger partial charge in [-0.25, -0.2) is 9.97 Å². The van der Waals surface area contributed by atoms with Crippen LogP contribution >= 0.6 is 11.3 Å². The lowest BCUT2D eigenvalue weighted by Gasteiger charge is -2.13. The summed E-state index contributed by atoms with van der Waals surface area (Å²) in [6, 6.07) is 2.17. The highest BCUT2D eigenvalue weighted by molar-refractivity contribution is 7.10. The lowest BCUT2D eigenvalue weighted by atomic mass is 10.2. The zero-order chi connectivity index (χ0) is 16.7. The summed E-state index contributed by atoms with van der Waals surface area (Å²) in [4.78, 5) is 19.2. The van der Waals surface area contributed by atoms with Crippen molar-refractivity contribution in [3.05, 3.63) is 46.6 Å². The van der Waals surface area contributed by atoms with Crippen molar-refractivity contribution in [3.8, 4) is 0 Å². The topological polar surface area (TPSA) is 66.9 Å². The first kappa shape index (κ1) is 16.9. The van der Waals surface area contributed by atoms with Crippen LogP contribution in [0, 0.1) is 0 Å². The molecule has 0 fully saturated rings. The first-order valence-corrected chi connectivity index (χ1v) is 7.46. The van der Waals surface area contributed by atoms with Crippen molar-refractivity contribution < 1.29 is 18.0 Å². The number of rotatable bonds is 6. The third-order valence-electron chi connectivity index (χ3n) is 2.66. The highest BCUT2D eigenvalue weighted by Crippen LogP contribution is 2.33. The van der Waals surface area contributed by atoms with Gasteiger partial charge in [-0.2, -0.15) is 13.2 Å². The van der Waals surface area contributed by atoms with Gasteiger partial charge in [-0.15, -0.1) is 11.3 Å². The van der Waals surface area contributed by atoms with Crippen molar-refractivity contribution >= 4 is 29.1 Å². The van der Waals surface area contributed by atoms with E-state index < -0.39 is 11.7 Å². The lowest BCUT2D eigenvalue weighted by molar-refractivity contribution is -0.137. The SMILES string of the molecule is O=C(C=Cc1nccs1)NCCNc1ncccc1C(F)(F)F. The van der Waals surface area contributed by atoms with E-state index in [0.717, 1.165) is 6.07 Å². The molecule has 0 atom stereocenters. The second-order valence-electron chi connectivity index (χ2n) is 4.32. The van der Waals surface area contributed by atoms with Crippen LogP contribution in [0.4, 0.5) is 19.0 Å². The van der Waals surface area contributed by atoms with Crippen LogP contribution < -0.4 is 10.6 Å². The number of nitrogens with zero attached hydrogens (tertiary/aromatic N) is 2. The van der Waals surface area contributed by atoms with Gasteiger partial charge in [-0.05, 0) is 18.2 Å². The average Bonchev–Trinajstić information content (AvgIpc) is 3.02. The largest absolute Gasteiger partial charge is 0.419 e. The first-order chi connectivity index (χ1) is 11.0. The monoisotopic (exact) mass is 342 g/mol. The second-order valence-corrected chi connectivity index (χ2v) is 5.24. The minimum absolute atomic E-state index is 0.122. The number of carbonyl (C=O) groups excluding carboxylic acids is 1. The molecule has 0 aliphatic heterocycles. The highest BCUT2D eigenvalue weighted by Gasteiger charge is 2.33. The minimum Gasteiger partial charge on any atom is -0.368 e. The fraction of sp³-hybridized carbons (Fsp3) is 0.214. The zero-order valence-electron chi connectivity index (χ0n) is 11.8. The number of halogens is 3. The van der Waals surface area contributed by atoms with Crippen molar-refractivity contribution in [2.75, 3.05) is 18.4 Å². The maximum atomic E-state index is 12.8. The molecule has 2 aromatic heterocycles. The molecule has 0 radical (unpaired) electrons. The molecular formula is C14H13F3N4OS. The van der Waals surface area contributed by atoms with E-state index in [4.69, 9.17) is 0 Å². The minimum atomic E-state index is -4.48. The molecule has 0 saturated carbocycles. The summed E-state index contributed by atoms with van der Waals surface area (Å²) in [5.41, 5.74) is -0.838. The van der Waals surface area contributed by atoms with Crippen molar-refractivity contribution in [1.29, 1.82) is 0 Å². The van der Waals surface area contributed by atoms with Crippen LogP contribution in [0.15, 0.2) is 36.0 Å². The Morgan fingerprint density at radius 3 is 2.78 bits per heavy atom. The van der Waals surface area contributed by atoms with Crippen molar-refractivity contribution in [1.82, 2.24) is 15.3 Å². The second kappa shape index (κ2) is 7.73. The molecule has 2 heterocycles. The summed E-state index contributed by atoms with van der Waals surface area (Å²) in [5.74, 6) is -0.605. The molecule has 0 aliphatic rings. The van der Waals surface area contributed by atoms with Gasteiger partial charge in [0.2, 0.25) is 5.91 Å². The van der Waals surface area contributed by atoms with E-state index in [-0.39, 0.29) is 24.8 Å². The number of nitrogens with one attached hydrogen (secondary N) is 2. The summed E-state index contributed by atoms with van der Waals surface area (Å²) >= 11 is 1.39. The molecule has 9 heteroatoms. The Morgan fingerprint density at radius 1 is 1.26 bits per heavy atom. The number of hydrogen-bond donors (Lipinski definition) is 2. The van der Waals surface area contributed by atoms with E-state index in [0.29, 0.717) is 5.01 Å². The molecule has 0 aliphatic carbocycles. The number of alkyl halides is 3. The number of carbonyl (C=O) groups is 1. The summed E-state index contributed by atoms with van der Waals surface area (Å²) < 4.78 is 38.3. The summed E-state index contributed by atoms with van der Waals surface area (Å²) in [7, 11) is 0. The predicted octanol–water partition coefficient (Wildman–Crippen LogP) is 2.80. The summed E-state index contributed by atoms with van der Waals surface area (Å²) in [6.45, 7) is 0.284. The van der Waals surface area contributed by atoms with Gasteiger partial charge in [0.15, 0.2) is 0 Å². The Bertz CT molecular complexity index is 671. The maximum Gasteiger partial charge on any atom is 0.419 e. The van der Waals surface area contributed by atoms with Gasteiger partial charge in [0.05, 0.1) is 5.56 Å². The smallest absolute Gasteiger partial charge is 0.368 e. The van der Waals surface area contributed by atoms with Gasteiger partial charge in [0.25, 0.3) is 0 Å². The Kier molecular flexibility index (Phi) is 5.69. The Morgan fingerprint density at radius 2 is 2.09 bits per heavy atom. The van der Waals surface area contributed by atoms with Crippen molar-refractivity contribution in [2.24, 2.45) is 0 Å². The molecule has 0 unspecified atom stereocenters. The third kappa shape index (κ3) is 5.37. The van der Waals surface area contributed by atoms with Gasteiger partial charge in [-0.3, -0.25) is 4.79 Å². The van der Waals surface area contributed by atoms with Crippen LogP contribution in [0.3, 0.4) is 0 Å². The van der Waals surface area contributed by atoms with Crippen LogP contribution in [0.25, 0.3) is 6.08 Å². The van der Waals surface area contributed by atoms with E-state index >= 15 is 0 Å². The number of thiazole rings is 1. The molecular weight excluding hydrogens is 329 g/mol. The van der Waals surface area contributed by atoms with Crippen LogP contribution in [-0.2, 0) is 11.0 Å². The van der Waals surface area contributed by atoms with Crippen LogP contribution in [0.1, 0.15) is 10.6 Å². The highest BCUT2D eigenvalue weighted by atomic mass is 32.1. The molecule has 0 aromatic carbocycles. The van der Waals surface area contributed by atoms with Gasteiger partial charge in [0, 0.05) is 36.9 Å². The average molecular weight is 342 g/mol. The van der Waals surface area contributed by atoms with Gasteiger partial charge >= 0.3 is 6.18 Å². The third-order valence-corrected chi connectivity index (χ3v) is 3.40. The van der Waals surface area contributed by atoms with E-state index in [1.165, 1.54) is 29.7 Å². The zero-order valence-corrected chi connectivity index (χ0v) is 12.6. The molecule has 122 valence electrons. The fourth-order valence-electron chi connectivity index (χ4n) is 1.66. The normalized spacial score (nSPS) is 11.6. The molecule has 0 spiro atoms. The quantitative estimate of drug-likeness (QED) is 0.626. The van der Waals surface area contributed by atoms with Gasteiger partial charge < -0.3 is 10.6 Å². The van der Waals surface area contributed by atoms with Gasteiger partial charge in [0.1, 0.15) is 10.8 Å². The molecule has 0 saturated heterocycles. The van der Waals surface area contributed by atoms with E-state index in [1.807, 2.05) is 0 Å². The molecule has 2 N–H and O–H groups in total. The Balaban J connectivity index is 1.79. The Labute approximate surface area is 134 Å². The van der Waals surface area contributed by atoms with Gasteiger partial charge in [-0.1, -0.05) is 0 Å². The molecule has 1 amide bonds. The van der Waals surface area contributed by atoms with E-state index in [9.17, 15) is 18.0 Å². The fourth-order valence-corrected chi connectivity index (χ4v) is 2.19. The molecule has 0 bridgehead atoms. The maximum absolute atomic E-state index is 12.8. The number of aromatic nitrogens is 2.